The zero-order valence-corrected chi connectivity index (χ0v) is 13.1. The van der Waals surface area contributed by atoms with Gasteiger partial charge in [0.1, 0.15) is 18.0 Å². The molecule has 0 spiro atoms. The average molecular weight is 322 g/mol. The Labute approximate surface area is 137 Å². The van der Waals surface area contributed by atoms with Gasteiger partial charge in [0.05, 0.1) is 12.2 Å². The molecule has 3 aromatic heterocycles. The third-order valence-corrected chi connectivity index (χ3v) is 3.96. The molecule has 0 aliphatic carbocycles. The molecule has 0 N–H and O–H groups in total. The van der Waals surface area contributed by atoms with Crippen molar-refractivity contribution in [3.63, 3.8) is 0 Å². The highest BCUT2D eigenvalue weighted by atomic mass is 19.1. The van der Waals surface area contributed by atoms with Gasteiger partial charge in [-0.25, -0.2) is 13.9 Å². The van der Waals surface area contributed by atoms with Crippen LogP contribution in [0.3, 0.4) is 0 Å². The van der Waals surface area contributed by atoms with E-state index < -0.39 is 0 Å². The van der Waals surface area contributed by atoms with Crippen LogP contribution in [0.1, 0.15) is 18.2 Å². The van der Waals surface area contributed by atoms with Crippen LogP contribution in [0.25, 0.3) is 17.0 Å². The quantitative estimate of drug-likeness (QED) is 0.579. The van der Waals surface area contributed by atoms with Gasteiger partial charge in [0.25, 0.3) is 0 Å². The Morgan fingerprint density at radius 1 is 1.21 bits per heavy atom. The topological polar surface area (TPSA) is 60.9 Å². The number of aromatic nitrogens is 6. The third-order valence-electron chi connectivity index (χ3n) is 3.96. The minimum absolute atomic E-state index is 0.277. The summed E-state index contributed by atoms with van der Waals surface area (Å²) in [5.41, 5.74) is 3.49. The van der Waals surface area contributed by atoms with E-state index in [1.54, 1.807) is 23.1 Å². The van der Waals surface area contributed by atoms with E-state index >= 15 is 0 Å². The van der Waals surface area contributed by atoms with Crippen LogP contribution < -0.4 is 0 Å². The van der Waals surface area contributed by atoms with E-state index in [1.165, 1.54) is 12.1 Å². The minimum Gasteiger partial charge on any atom is -0.325 e. The van der Waals surface area contributed by atoms with E-state index in [2.05, 4.69) is 27.2 Å². The zero-order chi connectivity index (χ0) is 16.5. The van der Waals surface area contributed by atoms with Crippen LogP contribution in [0.5, 0.6) is 0 Å². The van der Waals surface area contributed by atoms with Crippen molar-refractivity contribution in [1.82, 2.24) is 29.4 Å². The fourth-order valence-corrected chi connectivity index (χ4v) is 2.77. The van der Waals surface area contributed by atoms with Gasteiger partial charge in [0, 0.05) is 18.0 Å². The molecule has 0 saturated carbocycles. The molecular formula is C17H15FN6. The maximum atomic E-state index is 13.5. The van der Waals surface area contributed by atoms with Crippen LogP contribution in [0.15, 0.2) is 49.1 Å². The SMILES string of the molecule is CCc1cc2nncn2nc1Cn1ccnc1-c1cccc(F)c1. The Kier molecular flexibility index (Phi) is 3.53. The van der Waals surface area contributed by atoms with Gasteiger partial charge in [0.2, 0.25) is 0 Å². The fraction of sp³-hybridized carbons (Fsp3) is 0.176. The van der Waals surface area contributed by atoms with Crippen LogP contribution in [-0.2, 0) is 13.0 Å². The number of benzene rings is 1. The van der Waals surface area contributed by atoms with Crippen molar-refractivity contribution in [2.24, 2.45) is 0 Å². The molecule has 4 aromatic rings. The van der Waals surface area contributed by atoms with Crippen LogP contribution in [0.2, 0.25) is 0 Å². The van der Waals surface area contributed by atoms with Crippen LogP contribution >= 0.6 is 0 Å². The van der Waals surface area contributed by atoms with E-state index in [0.29, 0.717) is 12.4 Å². The number of rotatable bonds is 4. The summed E-state index contributed by atoms with van der Waals surface area (Å²) >= 11 is 0. The van der Waals surface area contributed by atoms with Gasteiger partial charge in [-0.2, -0.15) is 5.10 Å². The molecule has 0 unspecified atom stereocenters. The molecule has 120 valence electrons. The van der Waals surface area contributed by atoms with E-state index in [0.717, 1.165) is 28.9 Å². The molecule has 0 aliphatic heterocycles. The number of aryl methyl sites for hydroxylation is 1. The number of hydrogen-bond acceptors (Lipinski definition) is 4. The molecule has 7 heteroatoms. The highest BCUT2D eigenvalue weighted by molar-refractivity contribution is 5.55. The molecule has 0 amide bonds. The summed E-state index contributed by atoms with van der Waals surface area (Å²) < 4.78 is 17.1. The number of halogens is 1. The molecule has 0 atom stereocenters. The monoisotopic (exact) mass is 322 g/mol. The second-order valence-corrected chi connectivity index (χ2v) is 5.49. The molecule has 1 aromatic carbocycles. The summed E-state index contributed by atoms with van der Waals surface area (Å²) in [6.07, 6.45) is 6.01. The molecule has 4 rings (SSSR count). The summed E-state index contributed by atoms with van der Waals surface area (Å²) in [5.74, 6) is 0.433. The Bertz CT molecular complexity index is 1000. The summed E-state index contributed by atoms with van der Waals surface area (Å²) in [7, 11) is 0. The number of hydrogen-bond donors (Lipinski definition) is 0. The van der Waals surface area contributed by atoms with Crippen molar-refractivity contribution in [2.75, 3.05) is 0 Å². The van der Waals surface area contributed by atoms with Crippen molar-refractivity contribution in [3.05, 3.63) is 66.1 Å². The first-order valence-corrected chi connectivity index (χ1v) is 7.70. The van der Waals surface area contributed by atoms with Gasteiger partial charge in [0.15, 0.2) is 5.65 Å². The molecule has 0 radical (unpaired) electrons. The summed E-state index contributed by atoms with van der Waals surface area (Å²) in [6, 6.07) is 8.43. The Balaban J connectivity index is 1.75. The number of imidazole rings is 1. The van der Waals surface area contributed by atoms with Crippen molar-refractivity contribution in [2.45, 2.75) is 19.9 Å². The molecule has 0 saturated heterocycles. The Morgan fingerprint density at radius 3 is 2.96 bits per heavy atom. The van der Waals surface area contributed by atoms with Crippen LogP contribution in [0.4, 0.5) is 4.39 Å². The lowest BCUT2D eigenvalue weighted by atomic mass is 10.1. The van der Waals surface area contributed by atoms with Gasteiger partial charge in [-0.05, 0) is 30.2 Å². The van der Waals surface area contributed by atoms with Crippen molar-refractivity contribution >= 4 is 5.65 Å². The highest BCUT2D eigenvalue weighted by Gasteiger charge is 2.12. The van der Waals surface area contributed by atoms with Gasteiger partial charge < -0.3 is 4.57 Å². The maximum absolute atomic E-state index is 13.5. The van der Waals surface area contributed by atoms with Crippen LogP contribution in [0, 0.1) is 5.82 Å². The van der Waals surface area contributed by atoms with E-state index in [1.807, 2.05) is 22.9 Å². The first-order chi connectivity index (χ1) is 11.7. The van der Waals surface area contributed by atoms with E-state index in [-0.39, 0.29) is 5.82 Å². The lowest BCUT2D eigenvalue weighted by Crippen LogP contribution is -2.09. The van der Waals surface area contributed by atoms with Crippen molar-refractivity contribution in [3.8, 4) is 11.4 Å². The standard InChI is InChI=1S/C17H15FN6/c1-2-12-9-16-21-20-11-24(16)22-15(12)10-23-7-6-19-17(23)13-4-3-5-14(18)8-13/h3-9,11H,2,10H2,1H3. The second-order valence-electron chi connectivity index (χ2n) is 5.49. The normalized spacial score (nSPS) is 11.2. The largest absolute Gasteiger partial charge is 0.325 e. The average Bonchev–Trinajstić information content (AvgIpc) is 3.22. The van der Waals surface area contributed by atoms with E-state index in [4.69, 9.17) is 0 Å². The zero-order valence-electron chi connectivity index (χ0n) is 13.1. The van der Waals surface area contributed by atoms with Gasteiger partial charge in [-0.3, -0.25) is 0 Å². The highest BCUT2D eigenvalue weighted by Crippen LogP contribution is 2.20. The third kappa shape index (κ3) is 2.54. The Morgan fingerprint density at radius 2 is 2.12 bits per heavy atom. The Hall–Kier alpha value is -3.09. The fourth-order valence-electron chi connectivity index (χ4n) is 2.77. The van der Waals surface area contributed by atoms with Gasteiger partial charge in [-0.15, -0.1) is 10.2 Å². The van der Waals surface area contributed by atoms with Gasteiger partial charge >= 0.3 is 0 Å². The van der Waals surface area contributed by atoms with E-state index in [9.17, 15) is 4.39 Å². The second kappa shape index (κ2) is 5.84. The molecule has 0 aliphatic rings. The molecular weight excluding hydrogens is 307 g/mol. The predicted molar refractivity (Wildman–Crippen MR) is 86.9 cm³/mol. The number of fused-ring (bicyclic) bond motifs is 1. The van der Waals surface area contributed by atoms with Crippen molar-refractivity contribution in [1.29, 1.82) is 0 Å². The summed E-state index contributed by atoms with van der Waals surface area (Å²) in [5, 5.41) is 12.5. The first-order valence-electron chi connectivity index (χ1n) is 7.70. The molecule has 6 nitrogen and oxygen atoms in total. The molecule has 0 bridgehead atoms. The van der Waals surface area contributed by atoms with Gasteiger partial charge in [-0.1, -0.05) is 19.1 Å². The van der Waals surface area contributed by atoms with Crippen molar-refractivity contribution < 1.29 is 4.39 Å². The summed E-state index contributed by atoms with van der Waals surface area (Å²) in [4.78, 5) is 4.37. The predicted octanol–water partition coefficient (Wildman–Crippen LogP) is 2.74. The minimum atomic E-state index is -0.277. The lowest BCUT2D eigenvalue weighted by Gasteiger charge is -2.11. The maximum Gasteiger partial charge on any atom is 0.177 e. The first kappa shape index (κ1) is 14.5. The van der Waals surface area contributed by atoms with Crippen LogP contribution in [-0.4, -0.2) is 29.4 Å². The molecule has 3 heterocycles. The smallest absolute Gasteiger partial charge is 0.177 e. The molecule has 24 heavy (non-hydrogen) atoms. The summed E-state index contributed by atoms with van der Waals surface area (Å²) in [6.45, 7) is 2.62. The lowest BCUT2D eigenvalue weighted by molar-refractivity contribution is 0.628. The molecule has 0 fully saturated rings. The number of nitrogens with zero attached hydrogens (tertiary/aromatic N) is 6.